The van der Waals surface area contributed by atoms with E-state index in [0.29, 0.717) is 11.4 Å². The number of benzene rings is 2. The Balaban J connectivity index is 1.79. The molecule has 0 saturated heterocycles. The summed E-state index contributed by atoms with van der Waals surface area (Å²) in [6.45, 7) is 4.11. The highest BCUT2D eigenvalue weighted by molar-refractivity contribution is 6.16. The fourth-order valence-electron chi connectivity index (χ4n) is 4.64. The topological polar surface area (TPSA) is 67.2 Å². The van der Waals surface area contributed by atoms with Crippen LogP contribution in [0.5, 0.6) is 0 Å². The Morgan fingerprint density at radius 1 is 1.13 bits per heavy atom. The van der Waals surface area contributed by atoms with Crippen molar-refractivity contribution in [2.24, 2.45) is 0 Å². The first kappa shape index (κ1) is 18.2. The third-order valence-electron chi connectivity index (χ3n) is 6.02. The molecule has 2 aliphatic rings. The number of carbonyl (C=O) groups is 2. The maximum absolute atomic E-state index is 13.8. The summed E-state index contributed by atoms with van der Waals surface area (Å²) in [7, 11) is 0. The molecule has 6 heteroatoms. The molecule has 0 radical (unpaired) electrons. The summed E-state index contributed by atoms with van der Waals surface area (Å²) in [6, 6.07) is 13.6. The number of para-hydroxylation sites is 1. The zero-order valence-electron chi connectivity index (χ0n) is 16.8. The highest BCUT2D eigenvalue weighted by Gasteiger charge is 2.57. The van der Waals surface area contributed by atoms with Crippen molar-refractivity contribution in [3.05, 3.63) is 70.9 Å². The average molecular weight is 396 g/mol. The number of carbonyl (C=O) groups excluding carboxylic acids is 2. The van der Waals surface area contributed by atoms with Crippen molar-refractivity contribution in [1.82, 2.24) is 9.78 Å². The van der Waals surface area contributed by atoms with Crippen LogP contribution in [0.2, 0.25) is 0 Å². The molecule has 6 nitrogen and oxygen atoms in total. The van der Waals surface area contributed by atoms with Gasteiger partial charge >= 0.3 is 0 Å². The highest BCUT2D eigenvalue weighted by Crippen LogP contribution is 2.52. The molecule has 2 aromatic carbocycles. The largest absolute Gasteiger partial charge is 0.310 e. The number of fused-ring (bicyclic) bond motifs is 4. The number of aromatic nitrogens is 2. The predicted octanol–water partition coefficient (Wildman–Crippen LogP) is 3.10. The van der Waals surface area contributed by atoms with Gasteiger partial charge in [-0.25, -0.2) is 4.68 Å². The number of hydrogen-bond acceptors (Lipinski definition) is 3. The van der Waals surface area contributed by atoms with Gasteiger partial charge in [0.1, 0.15) is 11.2 Å². The Labute approximate surface area is 174 Å². The summed E-state index contributed by atoms with van der Waals surface area (Å²) in [5.74, 6) is 2.71. The van der Waals surface area contributed by atoms with E-state index < -0.39 is 5.41 Å². The summed E-state index contributed by atoms with van der Waals surface area (Å²) >= 11 is 0. The van der Waals surface area contributed by atoms with Gasteiger partial charge in [-0.3, -0.25) is 14.5 Å². The monoisotopic (exact) mass is 396 g/mol. The van der Waals surface area contributed by atoms with Crippen LogP contribution < -0.4 is 10.2 Å². The Bertz CT molecular complexity index is 1270. The van der Waals surface area contributed by atoms with Crippen molar-refractivity contribution in [1.29, 1.82) is 0 Å². The van der Waals surface area contributed by atoms with Crippen molar-refractivity contribution in [2.75, 3.05) is 16.8 Å². The van der Waals surface area contributed by atoms with E-state index in [9.17, 15) is 9.59 Å². The molecule has 1 aromatic heterocycles. The third kappa shape index (κ3) is 2.29. The summed E-state index contributed by atoms with van der Waals surface area (Å²) < 4.78 is 1.70. The number of rotatable bonds is 2. The molecular weight excluding hydrogens is 376 g/mol. The van der Waals surface area contributed by atoms with Crippen molar-refractivity contribution in [2.45, 2.75) is 25.7 Å². The minimum absolute atomic E-state index is 0.0236. The molecular formula is C24H20N4O2. The number of terminal acetylenes is 1. The van der Waals surface area contributed by atoms with E-state index in [2.05, 4.69) is 16.3 Å². The smallest absolute Gasteiger partial charge is 0.243 e. The minimum atomic E-state index is -1.13. The molecule has 0 bridgehead atoms. The van der Waals surface area contributed by atoms with Gasteiger partial charge in [0.2, 0.25) is 11.8 Å². The van der Waals surface area contributed by atoms with Crippen molar-refractivity contribution >= 4 is 23.3 Å². The van der Waals surface area contributed by atoms with Crippen LogP contribution in [0.3, 0.4) is 0 Å². The summed E-state index contributed by atoms with van der Waals surface area (Å²) in [5.41, 5.74) is 4.02. The normalized spacial score (nSPS) is 19.4. The van der Waals surface area contributed by atoms with Gasteiger partial charge in [0.15, 0.2) is 0 Å². The number of nitrogens with zero attached hydrogens (tertiary/aromatic N) is 3. The fraction of sp³-hybridized carbons (Fsp3) is 0.208. The van der Waals surface area contributed by atoms with E-state index in [1.54, 1.807) is 15.8 Å². The molecule has 30 heavy (non-hydrogen) atoms. The van der Waals surface area contributed by atoms with Gasteiger partial charge in [-0.1, -0.05) is 41.8 Å². The van der Waals surface area contributed by atoms with Gasteiger partial charge in [0, 0.05) is 17.7 Å². The lowest BCUT2D eigenvalue weighted by molar-refractivity contribution is -0.126. The predicted molar refractivity (Wildman–Crippen MR) is 115 cm³/mol. The lowest BCUT2D eigenvalue weighted by Crippen LogP contribution is -2.46. The molecule has 2 aliphatic heterocycles. The number of amides is 2. The van der Waals surface area contributed by atoms with E-state index in [1.165, 1.54) is 0 Å². The van der Waals surface area contributed by atoms with Crippen LogP contribution in [0.25, 0.3) is 5.69 Å². The maximum Gasteiger partial charge on any atom is 0.243 e. The van der Waals surface area contributed by atoms with Crippen LogP contribution >= 0.6 is 0 Å². The van der Waals surface area contributed by atoms with Crippen molar-refractivity contribution in [3.63, 3.8) is 0 Å². The lowest BCUT2D eigenvalue weighted by atomic mass is 9.71. The van der Waals surface area contributed by atoms with Gasteiger partial charge < -0.3 is 5.32 Å². The van der Waals surface area contributed by atoms with E-state index in [1.807, 2.05) is 56.3 Å². The van der Waals surface area contributed by atoms with Crippen LogP contribution in [0, 0.1) is 26.2 Å². The van der Waals surface area contributed by atoms with E-state index >= 15 is 0 Å². The first-order valence-corrected chi connectivity index (χ1v) is 9.78. The molecule has 1 spiro atoms. The quantitative estimate of drug-likeness (QED) is 0.677. The van der Waals surface area contributed by atoms with Gasteiger partial charge in [-0.05, 0) is 37.1 Å². The van der Waals surface area contributed by atoms with Gasteiger partial charge in [0.05, 0.1) is 18.4 Å². The minimum Gasteiger partial charge on any atom is -0.310 e. The molecule has 1 atom stereocenters. The zero-order chi connectivity index (χ0) is 21.0. The van der Waals surface area contributed by atoms with E-state index in [-0.39, 0.29) is 24.8 Å². The van der Waals surface area contributed by atoms with Gasteiger partial charge in [0.25, 0.3) is 0 Å². The highest BCUT2D eigenvalue weighted by atomic mass is 16.2. The Morgan fingerprint density at radius 3 is 2.70 bits per heavy atom. The van der Waals surface area contributed by atoms with E-state index in [0.717, 1.165) is 28.1 Å². The molecule has 2 amide bonds. The van der Waals surface area contributed by atoms with Crippen molar-refractivity contribution in [3.8, 4) is 18.0 Å². The molecule has 3 aromatic rings. The second-order valence-corrected chi connectivity index (χ2v) is 7.85. The summed E-state index contributed by atoms with van der Waals surface area (Å²) in [6.07, 6.45) is 7.28. The van der Waals surface area contributed by atoms with Gasteiger partial charge in [-0.2, -0.15) is 5.10 Å². The maximum atomic E-state index is 13.8. The van der Waals surface area contributed by atoms with E-state index in [4.69, 9.17) is 6.42 Å². The number of nitrogens with one attached hydrogen (secondary N) is 1. The Kier molecular flexibility index (Phi) is 3.84. The molecule has 3 heterocycles. The third-order valence-corrected chi connectivity index (χ3v) is 6.02. The van der Waals surface area contributed by atoms with Crippen LogP contribution in [-0.4, -0.2) is 28.1 Å². The molecule has 1 unspecified atom stereocenters. The molecule has 1 N–H and O–H groups in total. The van der Waals surface area contributed by atoms with Gasteiger partial charge in [-0.15, -0.1) is 6.42 Å². The van der Waals surface area contributed by atoms with Crippen LogP contribution in [0.15, 0.2) is 48.7 Å². The number of anilines is 2. The second kappa shape index (κ2) is 6.33. The second-order valence-electron chi connectivity index (χ2n) is 7.85. The SMILES string of the molecule is C#CCN1C(=O)C2(CC(=O)Nc3c2cnn3-c2ccccc2C)c2cc(C)ccc21. The molecule has 148 valence electrons. The standard InChI is InChI=1S/C24H20N4O2/c1-4-11-27-20-10-9-15(2)12-17(20)24(23(27)30)13-21(29)26-22-18(24)14-25-28(22)19-8-6-5-7-16(19)3/h1,5-10,12,14H,11,13H2,2-3H3,(H,26,29). The number of aryl methyl sites for hydroxylation is 2. The molecule has 0 aliphatic carbocycles. The zero-order valence-corrected chi connectivity index (χ0v) is 16.8. The lowest BCUT2D eigenvalue weighted by Gasteiger charge is -2.32. The molecule has 5 rings (SSSR count). The average Bonchev–Trinajstić information content (AvgIpc) is 3.23. The fourth-order valence-corrected chi connectivity index (χ4v) is 4.64. The van der Waals surface area contributed by atoms with Crippen LogP contribution in [-0.2, 0) is 15.0 Å². The van der Waals surface area contributed by atoms with Crippen LogP contribution in [0.1, 0.15) is 28.7 Å². The first-order chi connectivity index (χ1) is 14.5. The summed E-state index contributed by atoms with van der Waals surface area (Å²) in [5, 5.41) is 7.52. The van der Waals surface area contributed by atoms with Crippen molar-refractivity contribution < 1.29 is 9.59 Å². The Hall–Kier alpha value is -3.85. The summed E-state index contributed by atoms with van der Waals surface area (Å²) in [4.78, 5) is 28.3. The molecule has 0 fully saturated rings. The molecule has 0 saturated carbocycles. The Morgan fingerprint density at radius 2 is 1.93 bits per heavy atom. The first-order valence-electron chi connectivity index (χ1n) is 9.78. The van der Waals surface area contributed by atoms with Crippen LogP contribution in [0.4, 0.5) is 11.5 Å². The number of hydrogen-bond donors (Lipinski definition) is 1.